The molecule has 162 valence electrons. The number of rotatable bonds is 6. The van der Waals surface area contributed by atoms with E-state index in [1.165, 1.54) is 0 Å². The van der Waals surface area contributed by atoms with Gasteiger partial charge in [-0.3, -0.25) is 4.90 Å². The highest BCUT2D eigenvalue weighted by Crippen LogP contribution is 2.43. The standard InChI is InChI=1S/C18H23F7N2.ClH/c1-2-3-4-5-15(27-8-6-26-7-9-27)16-13(18(23,24)25)10-12(11-14(16)19)17(20,21)22;/h10-11,15,26H,2-9H2,1H3;1H/t15-;/m0./s1. The summed E-state index contributed by atoms with van der Waals surface area (Å²) in [6.07, 6.45) is -7.70. The first kappa shape index (κ1) is 25.0. The van der Waals surface area contributed by atoms with Crippen molar-refractivity contribution in [3.05, 3.63) is 34.6 Å². The van der Waals surface area contributed by atoms with E-state index in [1.807, 2.05) is 6.92 Å². The van der Waals surface area contributed by atoms with E-state index in [1.54, 1.807) is 4.90 Å². The predicted molar refractivity (Wildman–Crippen MR) is 95.0 cm³/mol. The van der Waals surface area contributed by atoms with Crippen LogP contribution in [-0.2, 0) is 12.4 Å². The number of nitrogens with zero attached hydrogens (tertiary/aromatic N) is 1. The van der Waals surface area contributed by atoms with Crippen LogP contribution in [0.2, 0.25) is 0 Å². The van der Waals surface area contributed by atoms with Crippen molar-refractivity contribution >= 4 is 12.4 Å². The van der Waals surface area contributed by atoms with Gasteiger partial charge in [-0.15, -0.1) is 12.4 Å². The van der Waals surface area contributed by atoms with Gasteiger partial charge in [-0.05, 0) is 18.6 Å². The van der Waals surface area contributed by atoms with Gasteiger partial charge in [0.1, 0.15) is 5.82 Å². The van der Waals surface area contributed by atoms with E-state index in [4.69, 9.17) is 0 Å². The average Bonchev–Trinajstić information content (AvgIpc) is 2.58. The van der Waals surface area contributed by atoms with E-state index < -0.39 is 40.9 Å². The molecule has 2 rings (SSSR count). The number of nitrogens with one attached hydrogen (secondary N) is 1. The molecule has 1 aromatic rings. The second kappa shape index (κ2) is 10.1. The number of unbranched alkanes of at least 4 members (excludes halogenated alkanes) is 2. The highest BCUT2D eigenvalue weighted by Gasteiger charge is 2.42. The lowest BCUT2D eigenvalue weighted by Gasteiger charge is -2.36. The lowest BCUT2D eigenvalue weighted by Crippen LogP contribution is -2.45. The lowest BCUT2D eigenvalue weighted by molar-refractivity contribution is -0.144. The minimum atomic E-state index is -5.07. The summed E-state index contributed by atoms with van der Waals surface area (Å²) >= 11 is 0. The molecule has 0 aliphatic carbocycles. The van der Waals surface area contributed by atoms with Gasteiger partial charge in [-0.25, -0.2) is 4.39 Å². The second-order valence-electron chi connectivity index (χ2n) is 6.71. The van der Waals surface area contributed by atoms with Gasteiger partial charge in [0.2, 0.25) is 0 Å². The van der Waals surface area contributed by atoms with Gasteiger partial charge < -0.3 is 5.32 Å². The molecule has 1 aliphatic heterocycles. The molecule has 1 atom stereocenters. The number of benzene rings is 1. The Hall–Kier alpha value is -1.06. The van der Waals surface area contributed by atoms with Crippen LogP contribution in [0.25, 0.3) is 0 Å². The number of hydrogen-bond acceptors (Lipinski definition) is 2. The fraction of sp³-hybridized carbons (Fsp3) is 0.667. The quantitative estimate of drug-likeness (QED) is 0.447. The first-order chi connectivity index (χ1) is 12.6. The molecule has 1 saturated heterocycles. The normalized spacial score (nSPS) is 17.3. The third-order valence-electron chi connectivity index (χ3n) is 4.77. The molecule has 10 heteroatoms. The third kappa shape index (κ3) is 6.22. The van der Waals surface area contributed by atoms with E-state index in [-0.39, 0.29) is 31.0 Å². The molecule has 0 amide bonds. The fourth-order valence-corrected chi connectivity index (χ4v) is 3.45. The Morgan fingerprint density at radius 1 is 1.00 bits per heavy atom. The molecule has 0 bridgehead atoms. The van der Waals surface area contributed by atoms with Crippen molar-refractivity contribution in [1.29, 1.82) is 0 Å². The molecule has 0 aromatic heterocycles. The largest absolute Gasteiger partial charge is 0.416 e. The smallest absolute Gasteiger partial charge is 0.314 e. The van der Waals surface area contributed by atoms with Crippen molar-refractivity contribution in [2.75, 3.05) is 26.2 Å². The van der Waals surface area contributed by atoms with E-state index in [0.29, 0.717) is 32.6 Å². The zero-order valence-electron chi connectivity index (χ0n) is 15.4. The second-order valence-corrected chi connectivity index (χ2v) is 6.71. The molecule has 0 unspecified atom stereocenters. The van der Waals surface area contributed by atoms with Gasteiger partial charge in [-0.2, -0.15) is 26.3 Å². The molecule has 1 heterocycles. The van der Waals surface area contributed by atoms with Gasteiger partial charge in [0, 0.05) is 37.8 Å². The summed E-state index contributed by atoms with van der Waals surface area (Å²) in [6, 6.07) is -0.690. The van der Waals surface area contributed by atoms with Gasteiger partial charge in [0.15, 0.2) is 0 Å². The van der Waals surface area contributed by atoms with E-state index in [9.17, 15) is 30.7 Å². The zero-order chi connectivity index (χ0) is 20.2. The van der Waals surface area contributed by atoms with Crippen molar-refractivity contribution in [2.24, 2.45) is 0 Å². The van der Waals surface area contributed by atoms with Gasteiger partial charge in [-0.1, -0.05) is 26.2 Å². The molecular weight excluding hydrogens is 413 g/mol. The molecule has 1 aromatic carbocycles. The topological polar surface area (TPSA) is 15.3 Å². The number of piperazine rings is 1. The molecule has 1 aliphatic rings. The minimum Gasteiger partial charge on any atom is -0.314 e. The van der Waals surface area contributed by atoms with Crippen molar-refractivity contribution in [3.8, 4) is 0 Å². The monoisotopic (exact) mass is 436 g/mol. The average molecular weight is 437 g/mol. The van der Waals surface area contributed by atoms with Gasteiger partial charge in [0.05, 0.1) is 11.1 Å². The summed E-state index contributed by atoms with van der Waals surface area (Å²) in [5.74, 6) is -1.45. The Balaban J connectivity index is 0.00000392. The van der Waals surface area contributed by atoms with Crippen LogP contribution in [0.4, 0.5) is 30.7 Å². The first-order valence-corrected chi connectivity index (χ1v) is 8.98. The first-order valence-electron chi connectivity index (χ1n) is 8.98. The molecule has 0 radical (unpaired) electrons. The highest BCUT2D eigenvalue weighted by molar-refractivity contribution is 5.85. The van der Waals surface area contributed by atoms with Gasteiger partial charge in [0.25, 0.3) is 0 Å². The maximum Gasteiger partial charge on any atom is 0.416 e. The van der Waals surface area contributed by atoms with E-state index in [2.05, 4.69) is 5.32 Å². The Morgan fingerprint density at radius 3 is 2.11 bits per heavy atom. The van der Waals surface area contributed by atoms with Crippen LogP contribution >= 0.6 is 12.4 Å². The fourth-order valence-electron chi connectivity index (χ4n) is 3.45. The van der Waals surface area contributed by atoms with Crippen molar-refractivity contribution in [3.63, 3.8) is 0 Å². The predicted octanol–water partition coefficient (Wildman–Crippen LogP) is 5.81. The van der Waals surface area contributed by atoms with Crippen LogP contribution in [0.5, 0.6) is 0 Å². The Kier molecular flexibility index (Phi) is 9.02. The summed E-state index contributed by atoms with van der Waals surface area (Å²) in [6.45, 7) is 3.82. The van der Waals surface area contributed by atoms with Crippen LogP contribution in [0.15, 0.2) is 12.1 Å². The summed E-state index contributed by atoms with van der Waals surface area (Å²) in [7, 11) is 0. The maximum absolute atomic E-state index is 14.6. The Morgan fingerprint density at radius 2 is 1.61 bits per heavy atom. The Bertz CT molecular complexity index is 626. The summed E-state index contributed by atoms with van der Waals surface area (Å²) in [5.41, 5.74) is -3.83. The molecular formula is C18H24ClF7N2. The van der Waals surface area contributed by atoms with Crippen molar-refractivity contribution < 1.29 is 30.7 Å². The number of hydrogen-bond donors (Lipinski definition) is 1. The van der Waals surface area contributed by atoms with Crippen LogP contribution in [0.3, 0.4) is 0 Å². The Labute approximate surface area is 165 Å². The van der Waals surface area contributed by atoms with Crippen molar-refractivity contribution in [2.45, 2.75) is 51.0 Å². The lowest BCUT2D eigenvalue weighted by atomic mass is 9.91. The van der Waals surface area contributed by atoms with Crippen LogP contribution in [-0.4, -0.2) is 31.1 Å². The van der Waals surface area contributed by atoms with Gasteiger partial charge >= 0.3 is 12.4 Å². The highest BCUT2D eigenvalue weighted by atomic mass is 35.5. The maximum atomic E-state index is 14.6. The summed E-state index contributed by atoms with van der Waals surface area (Å²) < 4.78 is 94.0. The molecule has 0 saturated carbocycles. The number of halogens is 8. The van der Waals surface area contributed by atoms with E-state index in [0.717, 1.165) is 12.8 Å². The molecule has 2 nitrogen and oxygen atoms in total. The molecule has 28 heavy (non-hydrogen) atoms. The van der Waals surface area contributed by atoms with Crippen molar-refractivity contribution in [1.82, 2.24) is 10.2 Å². The molecule has 0 spiro atoms. The summed E-state index contributed by atoms with van der Waals surface area (Å²) in [5, 5.41) is 3.07. The SMILES string of the molecule is CCCCC[C@@H](c1c(F)cc(C(F)(F)F)cc1C(F)(F)F)N1CCNCC1.Cl. The molecule has 1 fully saturated rings. The van der Waals surface area contributed by atoms with Crippen LogP contribution in [0.1, 0.15) is 55.3 Å². The minimum absolute atomic E-state index is 0. The molecule has 1 N–H and O–H groups in total. The third-order valence-corrected chi connectivity index (χ3v) is 4.77. The summed E-state index contributed by atoms with van der Waals surface area (Å²) in [4.78, 5) is 1.73. The van der Waals surface area contributed by atoms with Crippen LogP contribution in [0, 0.1) is 5.82 Å². The number of alkyl halides is 6. The van der Waals surface area contributed by atoms with E-state index >= 15 is 0 Å². The van der Waals surface area contributed by atoms with Crippen LogP contribution < -0.4 is 5.32 Å². The zero-order valence-corrected chi connectivity index (χ0v) is 16.2.